The molecule has 32 heavy (non-hydrogen) atoms. The smallest absolute Gasteiger partial charge is 0.257 e. The molecule has 0 bridgehead atoms. The number of carbonyl (C=O) groups excluding carboxylic acids is 2. The molecular weight excluding hydrogens is 456 g/mol. The van der Waals surface area contributed by atoms with Gasteiger partial charge in [0.15, 0.2) is 0 Å². The van der Waals surface area contributed by atoms with Crippen molar-refractivity contribution < 1.29 is 22.7 Å². The van der Waals surface area contributed by atoms with Crippen LogP contribution in [0.25, 0.3) is 0 Å². The fourth-order valence-electron chi connectivity index (χ4n) is 3.26. The number of primary sulfonamides is 1. The Kier molecular flexibility index (Phi) is 7.73. The number of ether oxygens (including phenoxy) is 1. The van der Waals surface area contributed by atoms with Crippen LogP contribution < -0.4 is 20.7 Å². The SMILES string of the molecule is CCCNC(=O)c1ccc(NC(=O)c2cc(S(N)(=O)=O)ccc2N2CCOCC2)cc1Cl. The van der Waals surface area contributed by atoms with Crippen molar-refractivity contribution >= 4 is 44.8 Å². The monoisotopic (exact) mass is 480 g/mol. The number of hydrogen-bond donors (Lipinski definition) is 3. The van der Waals surface area contributed by atoms with E-state index in [0.717, 1.165) is 6.42 Å². The summed E-state index contributed by atoms with van der Waals surface area (Å²) in [5.74, 6) is -0.832. The van der Waals surface area contributed by atoms with Crippen LogP contribution in [0.3, 0.4) is 0 Å². The molecule has 0 spiro atoms. The number of rotatable bonds is 7. The molecular formula is C21H25ClN4O5S. The number of morpholine rings is 1. The van der Waals surface area contributed by atoms with Gasteiger partial charge in [-0.05, 0) is 42.8 Å². The van der Waals surface area contributed by atoms with Crippen LogP contribution in [0.5, 0.6) is 0 Å². The first-order valence-corrected chi connectivity index (χ1v) is 12.0. The molecule has 0 atom stereocenters. The minimum atomic E-state index is -4.00. The summed E-state index contributed by atoms with van der Waals surface area (Å²) in [6.07, 6.45) is 0.792. The molecule has 1 fully saturated rings. The first kappa shape index (κ1) is 24.0. The summed E-state index contributed by atoms with van der Waals surface area (Å²) in [4.78, 5) is 27.0. The summed E-state index contributed by atoms with van der Waals surface area (Å²) in [7, 11) is -4.00. The highest BCUT2D eigenvalue weighted by molar-refractivity contribution is 7.89. The van der Waals surface area contributed by atoms with Crippen LogP contribution in [-0.2, 0) is 14.8 Å². The van der Waals surface area contributed by atoms with Gasteiger partial charge < -0.3 is 20.3 Å². The predicted molar refractivity (Wildman–Crippen MR) is 123 cm³/mol. The molecule has 4 N–H and O–H groups in total. The van der Waals surface area contributed by atoms with Crippen LogP contribution in [0.1, 0.15) is 34.1 Å². The molecule has 9 nitrogen and oxygen atoms in total. The van der Waals surface area contributed by atoms with E-state index in [1.165, 1.54) is 24.3 Å². The van der Waals surface area contributed by atoms with Crippen LogP contribution in [0.4, 0.5) is 11.4 Å². The third-order valence-corrected chi connectivity index (χ3v) is 6.12. The van der Waals surface area contributed by atoms with E-state index in [1.54, 1.807) is 12.1 Å². The average Bonchev–Trinajstić information content (AvgIpc) is 2.77. The Hall–Kier alpha value is -2.66. The highest BCUT2D eigenvalue weighted by Gasteiger charge is 2.22. The third-order valence-electron chi connectivity index (χ3n) is 4.90. The molecule has 2 aromatic carbocycles. The van der Waals surface area contributed by atoms with Crippen LogP contribution in [0, 0.1) is 0 Å². The third kappa shape index (κ3) is 5.77. The molecule has 3 rings (SSSR count). The quantitative estimate of drug-likeness (QED) is 0.557. The number of anilines is 2. The van der Waals surface area contributed by atoms with E-state index in [-0.39, 0.29) is 21.4 Å². The van der Waals surface area contributed by atoms with Crippen molar-refractivity contribution in [1.82, 2.24) is 5.32 Å². The summed E-state index contributed by atoms with van der Waals surface area (Å²) >= 11 is 6.24. The minimum Gasteiger partial charge on any atom is -0.378 e. The van der Waals surface area contributed by atoms with Gasteiger partial charge in [0.25, 0.3) is 11.8 Å². The largest absolute Gasteiger partial charge is 0.378 e. The normalized spacial score (nSPS) is 14.2. The van der Waals surface area contributed by atoms with Gasteiger partial charge >= 0.3 is 0 Å². The van der Waals surface area contributed by atoms with Crippen molar-refractivity contribution in [1.29, 1.82) is 0 Å². The van der Waals surface area contributed by atoms with Crippen LogP contribution in [0.15, 0.2) is 41.3 Å². The molecule has 0 saturated carbocycles. The average molecular weight is 481 g/mol. The van der Waals surface area contributed by atoms with Gasteiger partial charge in [-0.25, -0.2) is 13.6 Å². The van der Waals surface area contributed by atoms with E-state index in [2.05, 4.69) is 10.6 Å². The summed E-state index contributed by atoms with van der Waals surface area (Å²) in [5, 5.41) is 10.9. The van der Waals surface area contributed by atoms with E-state index < -0.39 is 15.9 Å². The maximum Gasteiger partial charge on any atom is 0.257 e. The molecule has 1 aliphatic rings. The Morgan fingerprint density at radius 3 is 2.44 bits per heavy atom. The highest BCUT2D eigenvalue weighted by atomic mass is 35.5. The molecule has 1 saturated heterocycles. The molecule has 0 aliphatic carbocycles. The number of nitrogens with zero attached hydrogens (tertiary/aromatic N) is 1. The molecule has 11 heteroatoms. The van der Waals surface area contributed by atoms with E-state index in [0.29, 0.717) is 49.8 Å². The molecule has 0 radical (unpaired) electrons. The van der Waals surface area contributed by atoms with Gasteiger partial charge in [0.05, 0.1) is 34.3 Å². The molecule has 172 valence electrons. The first-order chi connectivity index (χ1) is 15.2. The number of sulfonamides is 1. The van der Waals surface area contributed by atoms with E-state index in [4.69, 9.17) is 21.5 Å². The van der Waals surface area contributed by atoms with Crippen molar-refractivity contribution in [3.63, 3.8) is 0 Å². The fourth-order valence-corrected chi connectivity index (χ4v) is 4.07. The summed E-state index contributed by atoms with van der Waals surface area (Å²) in [5.41, 5.74) is 1.38. The van der Waals surface area contributed by atoms with Gasteiger partial charge in [-0.2, -0.15) is 0 Å². The van der Waals surface area contributed by atoms with Gasteiger partial charge in [-0.15, -0.1) is 0 Å². The second kappa shape index (κ2) is 10.3. The van der Waals surface area contributed by atoms with Crippen LogP contribution in [0.2, 0.25) is 5.02 Å². The molecule has 0 unspecified atom stereocenters. The molecule has 2 amide bonds. The van der Waals surface area contributed by atoms with Crippen LogP contribution in [-0.4, -0.2) is 53.1 Å². The molecule has 1 heterocycles. The van der Waals surface area contributed by atoms with Gasteiger partial charge in [-0.1, -0.05) is 18.5 Å². The van der Waals surface area contributed by atoms with Crippen LogP contribution >= 0.6 is 11.6 Å². The van der Waals surface area contributed by atoms with Crippen molar-refractivity contribution in [2.45, 2.75) is 18.2 Å². The summed E-state index contributed by atoms with van der Waals surface area (Å²) in [6, 6.07) is 8.74. The lowest BCUT2D eigenvalue weighted by Gasteiger charge is -2.30. The molecule has 2 aromatic rings. The zero-order chi connectivity index (χ0) is 23.3. The van der Waals surface area contributed by atoms with Gasteiger partial charge in [-0.3, -0.25) is 9.59 Å². The van der Waals surface area contributed by atoms with E-state index >= 15 is 0 Å². The number of benzene rings is 2. The maximum atomic E-state index is 13.1. The van der Waals surface area contributed by atoms with Crippen molar-refractivity contribution in [2.24, 2.45) is 5.14 Å². The number of hydrogen-bond acceptors (Lipinski definition) is 6. The highest BCUT2D eigenvalue weighted by Crippen LogP contribution is 2.27. The van der Waals surface area contributed by atoms with Gasteiger partial charge in [0.1, 0.15) is 0 Å². The molecule has 1 aliphatic heterocycles. The minimum absolute atomic E-state index is 0.152. The maximum absolute atomic E-state index is 13.1. The predicted octanol–water partition coefficient (Wildman–Crippen LogP) is 2.22. The van der Waals surface area contributed by atoms with Gasteiger partial charge in [0, 0.05) is 31.0 Å². The number of carbonyl (C=O) groups is 2. The number of nitrogens with two attached hydrogens (primary N) is 1. The Balaban J connectivity index is 1.89. The number of amides is 2. The Morgan fingerprint density at radius 2 is 1.81 bits per heavy atom. The number of nitrogens with one attached hydrogen (secondary N) is 2. The van der Waals surface area contributed by atoms with Gasteiger partial charge in [0.2, 0.25) is 10.0 Å². The zero-order valence-electron chi connectivity index (χ0n) is 17.6. The zero-order valence-corrected chi connectivity index (χ0v) is 19.1. The summed E-state index contributed by atoms with van der Waals surface area (Å²) < 4.78 is 29.0. The lowest BCUT2D eigenvalue weighted by molar-refractivity contribution is 0.0953. The van der Waals surface area contributed by atoms with Crippen molar-refractivity contribution in [3.05, 3.63) is 52.5 Å². The van der Waals surface area contributed by atoms with E-state index in [1.807, 2.05) is 11.8 Å². The second-order valence-corrected chi connectivity index (χ2v) is 9.20. The van der Waals surface area contributed by atoms with Crippen molar-refractivity contribution in [3.8, 4) is 0 Å². The fraction of sp³-hybridized carbons (Fsp3) is 0.333. The number of halogens is 1. The summed E-state index contributed by atoms with van der Waals surface area (Å²) in [6.45, 7) is 4.57. The molecule has 0 aromatic heterocycles. The lowest BCUT2D eigenvalue weighted by atomic mass is 10.1. The lowest BCUT2D eigenvalue weighted by Crippen LogP contribution is -2.37. The Bertz CT molecular complexity index is 1120. The Morgan fingerprint density at radius 1 is 1.09 bits per heavy atom. The van der Waals surface area contributed by atoms with E-state index in [9.17, 15) is 18.0 Å². The topological polar surface area (TPSA) is 131 Å². The first-order valence-electron chi connectivity index (χ1n) is 10.1. The second-order valence-electron chi connectivity index (χ2n) is 7.23. The standard InChI is InChI=1S/C21H25ClN4O5S/c1-2-7-24-20(27)16-5-3-14(12-18(16)22)25-21(28)17-13-15(32(23,29)30)4-6-19(17)26-8-10-31-11-9-26/h3-6,12-13H,2,7-11H2,1H3,(H,24,27)(H,25,28)(H2,23,29,30). The van der Waals surface area contributed by atoms with Crippen molar-refractivity contribution in [2.75, 3.05) is 43.1 Å². The Labute approximate surface area is 191 Å².